The molecule has 3 heterocycles. The van der Waals surface area contributed by atoms with Gasteiger partial charge in [0.15, 0.2) is 0 Å². The number of aromatic nitrogens is 2. The van der Waals surface area contributed by atoms with Gasteiger partial charge < -0.3 is 10.2 Å². The molecule has 1 N–H and O–H groups in total. The second-order valence-electron chi connectivity index (χ2n) is 5.34. The molecule has 3 rings (SSSR count). The van der Waals surface area contributed by atoms with Crippen molar-refractivity contribution in [3.63, 3.8) is 0 Å². The number of nitrogens with zero attached hydrogens (tertiary/aromatic N) is 3. The van der Waals surface area contributed by atoms with E-state index in [9.17, 15) is 0 Å². The first-order valence-corrected chi connectivity index (χ1v) is 8.38. The fourth-order valence-electron chi connectivity index (χ4n) is 2.74. The lowest BCUT2D eigenvalue weighted by molar-refractivity contribution is 0.237. The molecule has 0 aromatic carbocycles. The van der Waals surface area contributed by atoms with E-state index in [1.807, 2.05) is 0 Å². The highest BCUT2D eigenvalue weighted by molar-refractivity contribution is 7.18. The number of nitrogens with one attached hydrogen (secondary N) is 1. The molecule has 0 radical (unpaired) electrons. The third-order valence-electron chi connectivity index (χ3n) is 3.90. The van der Waals surface area contributed by atoms with Crippen LogP contribution in [0.5, 0.6) is 0 Å². The minimum atomic E-state index is 0. The Morgan fingerprint density at radius 2 is 2.05 bits per heavy atom. The van der Waals surface area contributed by atoms with E-state index in [0.717, 1.165) is 30.2 Å². The second kappa shape index (κ2) is 7.92. The van der Waals surface area contributed by atoms with Crippen molar-refractivity contribution < 1.29 is 0 Å². The molecule has 0 spiro atoms. The molecule has 21 heavy (non-hydrogen) atoms. The Balaban J connectivity index is 0.00000161. The lowest BCUT2D eigenvalue weighted by Crippen LogP contribution is -2.33. The van der Waals surface area contributed by atoms with Crippen LogP contribution in [-0.2, 0) is 6.42 Å². The number of hydrogen-bond acceptors (Lipinski definition) is 5. The third-order valence-corrected chi connectivity index (χ3v) is 5.09. The summed E-state index contributed by atoms with van der Waals surface area (Å²) in [5.74, 6) is 0.989. The first-order valence-electron chi connectivity index (χ1n) is 7.56. The lowest BCUT2D eigenvalue weighted by atomic mass is 10.1. The highest BCUT2D eigenvalue weighted by Gasteiger charge is 2.11. The Kier molecular flexibility index (Phi) is 6.21. The van der Waals surface area contributed by atoms with Crippen molar-refractivity contribution in [2.45, 2.75) is 32.6 Å². The Morgan fingerprint density at radius 1 is 1.24 bits per heavy atom. The van der Waals surface area contributed by atoms with Crippen LogP contribution in [-0.4, -0.2) is 41.0 Å². The number of aryl methyl sites for hydroxylation is 1. The average Bonchev–Trinajstić information content (AvgIpc) is 2.92. The summed E-state index contributed by atoms with van der Waals surface area (Å²) in [5, 5.41) is 4.66. The molecule has 1 aliphatic heterocycles. The van der Waals surface area contributed by atoms with Crippen LogP contribution in [0.2, 0.25) is 0 Å². The zero-order valence-corrected chi connectivity index (χ0v) is 14.1. The van der Waals surface area contributed by atoms with Gasteiger partial charge in [-0.1, -0.05) is 13.3 Å². The SMILES string of the molecule is CCc1cc2c(NCCN3CCCCC3)ncnc2s1.Cl. The Bertz CT molecular complexity index is 566. The van der Waals surface area contributed by atoms with Gasteiger partial charge in [0.05, 0.1) is 5.39 Å². The van der Waals surface area contributed by atoms with Crippen LogP contribution in [0.3, 0.4) is 0 Å². The number of hydrogen-bond donors (Lipinski definition) is 1. The molecule has 0 saturated carbocycles. The van der Waals surface area contributed by atoms with Gasteiger partial charge >= 0.3 is 0 Å². The van der Waals surface area contributed by atoms with E-state index in [2.05, 4.69) is 33.2 Å². The van der Waals surface area contributed by atoms with E-state index in [4.69, 9.17) is 0 Å². The van der Waals surface area contributed by atoms with Crippen molar-refractivity contribution in [3.8, 4) is 0 Å². The summed E-state index contributed by atoms with van der Waals surface area (Å²) >= 11 is 1.77. The number of piperidine rings is 1. The summed E-state index contributed by atoms with van der Waals surface area (Å²) in [5.41, 5.74) is 0. The van der Waals surface area contributed by atoms with Gasteiger partial charge in [-0.2, -0.15) is 0 Å². The number of thiophene rings is 1. The molecule has 4 nitrogen and oxygen atoms in total. The highest BCUT2D eigenvalue weighted by atomic mass is 35.5. The number of fused-ring (bicyclic) bond motifs is 1. The van der Waals surface area contributed by atoms with Crippen molar-refractivity contribution in [2.24, 2.45) is 0 Å². The maximum atomic E-state index is 4.40. The third kappa shape index (κ3) is 4.05. The first kappa shape index (κ1) is 16.5. The molecule has 2 aromatic rings. The van der Waals surface area contributed by atoms with Crippen molar-refractivity contribution in [1.82, 2.24) is 14.9 Å². The standard InChI is InChI=1S/C15H22N4S.ClH/c1-2-12-10-13-14(17-11-18-15(13)20-12)16-6-9-19-7-4-3-5-8-19;/h10-11H,2-9H2,1H3,(H,16,17,18);1H. The number of rotatable bonds is 5. The van der Waals surface area contributed by atoms with Crippen molar-refractivity contribution >= 4 is 39.8 Å². The maximum Gasteiger partial charge on any atom is 0.138 e. The second-order valence-corrected chi connectivity index (χ2v) is 6.45. The molecule has 0 aliphatic carbocycles. The van der Waals surface area contributed by atoms with Crippen LogP contribution >= 0.6 is 23.7 Å². The molecule has 6 heteroatoms. The summed E-state index contributed by atoms with van der Waals surface area (Å²) in [6.45, 7) is 6.75. The number of halogens is 1. The topological polar surface area (TPSA) is 41.0 Å². The van der Waals surface area contributed by atoms with E-state index in [1.165, 1.54) is 42.6 Å². The van der Waals surface area contributed by atoms with E-state index < -0.39 is 0 Å². The predicted octanol–water partition coefficient (Wildman–Crippen LogP) is 3.57. The molecule has 0 atom stereocenters. The molecule has 0 amide bonds. The molecular weight excluding hydrogens is 304 g/mol. The van der Waals surface area contributed by atoms with E-state index in [-0.39, 0.29) is 12.4 Å². The van der Waals surface area contributed by atoms with Crippen LogP contribution in [0.1, 0.15) is 31.1 Å². The molecule has 2 aromatic heterocycles. The van der Waals surface area contributed by atoms with Crippen LogP contribution < -0.4 is 5.32 Å². The molecule has 0 bridgehead atoms. The maximum absolute atomic E-state index is 4.40. The van der Waals surface area contributed by atoms with Crippen molar-refractivity contribution in [1.29, 1.82) is 0 Å². The largest absolute Gasteiger partial charge is 0.368 e. The lowest BCUT2D eigenvalue weighted by Gasteiger charge is -2.26. The summed E-state index contributed by atoms with van der Waals surface area (Å²) < 4.78 is 0. The molecule has 0 unspecified atom stereocenters. The Labute approximate surface area is 136 Å². The first-order chi connectivity index (χ1) is 9.86. The summed E-state index contributed by atoms with van der Waals surface area (Å²) in [6, 6.07) is 2.23. The van der Waals surface area contributed by atoms with E-state index in [1.54, 1.807) is 17.7 Å². The minimum absolute atomic E-state index is 0. The molecular formula is C15H23ClN4S. The zero-order chi connectivity index (χ0) is 13.8. The van der Waals surface area contributed by atoms with Crippen LogP contribution in [0.4, 0.5) is 5.82 Å². The van der Waals surface area contributed by atoms with Crippen molar-refractivity contribution in [3.05, 3.63) is 17.3 Å². The van der Waals surface area contributed by atoms with Gasteiger partial charge in [-0.05, 0) is 38.4 Å². The summed E-state index contributed by atoms with van der Waals surface area (Å²) in [7, 11) is 0. The fraction of sp³-hybridized carbons (Fsp3) is 0.600. The van der Waals surface area contributed by atoms with Crippen molar-refractivity contribution in [2.75, 3.05) is 31.5 Å². The molecule has 1 fully saturated rings. The van der Waals surface area contributed by atoms with Crippen LogP contribution in [0.25, 0.3) is 10.2 Å². The molecule has 1 aliphatic rings. The Morgan fingerprint density at radius 3 is 2.81 bits per heavy atom. The van der Waals surface area contributed by atoms with Crippen LogP contribution in [0, 0.1) is 0 Å². The minimum Gasteiger partial charge on any atom is -0.368 e. The van der Waals surface area contributed by atoms with Gasteiger partial charge in [0.1, 0.15) is 17.0 Å². The highest BCUT2D eigenvalue weighted by Crippen LogP contribution is 2.28. The Hall–Kier alpha value is -0.910. The van der Waals surface area contributed by atoms with Gasteiger partial charge in [-0.15, -0.1) is 23.7 Å². The quantitative estimate of drug-likeness (QED) is 0.912. The normalized spacial score (nSPS) is 15.9. The van der Waals surface area contributed by atoms with Gasteiger partial charge in [0, 0.05) is 18.0 Å². The van der Waals surface area contributed by atoms with Crippen LogP contribution in [0.15, 0.2) is 12.4 Å². The summed E-state index contributed by atoms with van der Waals surface area (Å²) in [6.07, 6.45) is 6.82. The van der Waals surface area contributed by atoms with Gasteiger partial charge in [0.25, 0.3) is 0 Å². The van der Waals surface area contributed by atoms with Gasteiger partial charge in [0.2, 0.25) is 0 Å². The van der Waals surface area contributed by atoms with E-state index in [0.29, 0.717) is 0 Å². The van der Waals surface area contributed by atoms with E-state index >= 15 is 0 Å². The van der Waals surface area contributed by atoms with Gasteiger partial charge in [-0.3, -0.25) is 0 Å². The predicted molar refractivity (Wildman–Crippen MR) is 92.8 cm³/mol. The summed E-state index contributed by atoms with van der Waals surface area (Å²) in [4.78, 5) is 13.8. The fourth-order valence-corrected chi connectivity index (χ4v) is 3.67. The molecule has 1 saturated heterocycles. The molecule has 116 valence electrons. The van der Waals surface area contributed by atoms with Gasteiger partial charge in [-0.25, -0.2) is 9.97 Å². The monoisotopic (exact) mass is 326 g/mol. The number of likely N-dealkylation sites (tertiary alicyclic amines) is 1. The smallest absolute Gasteiger partial charge is 0.138 e. The average molecular weight is 327 g/mol. The number of anilines is 1. The zero-order valence-electron chi connectivity index (χ0n) is 12.5.